The first kappa shape index (κ1) is 14.5. The van der Waals surface area contributed by atoms with Crippen LogP contribution in [0.3, 0.4) is 0 Å². The van der Waals surface area contributed by atoms with Gasteiger partial charge in [0, 0.05) is 41.0 Å². The molecule has 0 saturated carbocycles. The van der Waals surface area contributed by atoms with Crippen molar-refractivity contribution in [1.29, 1.82) is 0 Å². The Morgan fingerprint density at radius 3 is 2.83 bits per heavy atom. The second-order valence-electron chi connectivity index (χ2n) is 6.66. The van der Waals surface area contributed by atoms with Gasteiger partial charge in [-0.3, -0.25) is 4.68 Å². The molecule has 23 heavy (non-hydrogen) atoms. The van der Waals surface area contributed by atoms with E-state index < -0.39 is 0 Å². The second-order valence-corrected chi connectivity index (χ2v) is 6.66. The van der Waals surface area contributed by atoms with Crippen molar-refractivity contribution in [1.82, 2.24) is 25.1 Å². The van der Waals surface area contributed by atoms with E-state index in [1.54, 1.807) is 0 Å². The standard InChI is InChI=1S/C18H23N5/c1-12(2)23-17(13-3-6-19-7-4-13)10-16(22-23)15-9-14-5-8-20-18(14)21-11-15/h5,8-13,19H,3-4,6-7H2,1-2H3,(H,20,21). The zero-order chi connectivity index (χ0) is 15.8. The Morgan fingerprint density at radius 1 is 1.22 bits per heavy atom. The Hall–Kier alpha value is -2.14. The van der Waals surface area contributed by atoms with Gasteiger partial charge in [0.1, 0.15) is 5.65 Å². The molecule has 0 aromatic carbocycles. The largest absolute Gasteiger partial charge is 0.346 e. The lowest BCUT2D eigenvalue weighted by molar-refractivity contribution is 0.413. The monoisotopic (exact) mass is 309 g/mol. The molecule has 1 saturated heterocycles. The van der Waals surface area contributed by atoms with Gasteiger partial charge in [0.15, 0.2) is 0 Å². The molecule has 3 aromatic heterocycles. The van der Waals surface area contributed by atoms with Gasteiger partial charge < -0.3 is 10.3 Å². The first-order valence-electron chi connectivity index (χ1n) is 8.46. The van der Waals surface area contributed by atoms with Crippen molar-refractivity contribution in [2.75, 3.05) is 13.1 Å². The van der Waals surface area contributed by atoms with Crippen molar-refractivity contribution in [2.45, 2.75) is 38.6 Å². The summed E-state index contributed by atoms with van der Waals surface area (Å²) in [7, 11) is 0. The van der Waals surface area contributed by atoms with Crippen LogP contribution in [-0.4, -0.2) is 32.8 Å². The molecule has 120 valence electrons. The molecule has 3 aromatic rings. The molecule has 4 heterocycles. The maximum absolute atomic E-state index is 4.89. The highest BCUT2D eigenvalue weighted by Gasteiger charge is 2.22. The van der Waals surface area contributed by atoms with Gasteiger partial charge in [0.05, 0.1) is 5.69 Å². The van der Waals surface area contributed by atoms with Gasteiger partial charge in [-0.15, -0.1) is 0 Å². The zero-order valence-electron chi connectivity index (χ0n) is 13.7. The summed E-state index contributed by atoms with van der Waals surface area (Å²) in [5.74, 6) is 0.601. The lowest BCUT2D eigenvalue weighted by Gasteiger charge is -2.24. The number of nitrogens with one attached hydrogen (secondary N) is 2. The van der Waals surface area contributed by atoms with E-state index in [9.17, 15) is 0 Å². The third kappa shape index (κ3) is 2.65. The van der Waals surface area contributed by atoms with Gasteiger partial charge in [-0.05, 0) is 58.0 Å². The molecular weight excluding hydrogens is 286 g/mol. The quantitative estimate of drug-likeness (QED) is 0.779. The fraction of sp³-hybridized carbons (Fsp3) is 0.444. The van der Waals surface area contributed by atoms with Crippen LogP contribution in [0.1, 0.15) is 44.3 Å². The smallest absolute Gasteiger partial charge is 0.137 e. The molecule has 0 spiro atoms. The maximum atomic E-state index is 4.89. The van der Waals surface area contributed by atoms with Gasteiger partial charge in [-0.1, -0.05) is 0 Å². The minimum atomic E-state index is 0.373. The number of pyridine rings is 1. The van der Waals surface area contributed by atoms with Crippen LogP contribution in [0.2, 0.25) is 0 Å². The third-order valence-electron chi connectivity index (χ3n) is 4.71. The van der Waals surface area contributed by atoms with Crippen molar-refractivity contribution in [2.24, 2.45) is 0 Å². The first-order valence-corrected chi connectivity index (χ1v) is 8.46. The highest BCUT2D eigenvalue weighted by Crippen LogP contribution is 2.31. The third-order valence-corrected chi connectivity index (χ3v) is 4.71. The predicted molar refractivity (Wildman–Crippen MR) is 92.5 cm³/mol. The number of H-pyrrole nitrogens is 1. The molecule has 0 amide bonds. The van der Waals surface area contributed by atoms with E-state index in [0.717, 1.165) is 35.4 Å². The lowest BCUT2D eigenvalue weighted by Crippen LogP contribution is -2.28. The molecular formula is C18H23N5. The molecule has 0 aliphatic carbocycles. The van der Waals surface area contributed by atoms with Crippen LogP contribution in [-0.2, 0) is 0 Å². The van der Waals surface area contributed by atoms with Crippen molar-refractivity contribution in [3.63, 3.8) is 0 Å². The van der Waals surface area contributed by atoms with Gasteiger partial charge in [0.2, 0.25) is 0 Å². The summed E-state index contributed by atoms with van der Waals surface area (Å²) in [6, 6.07) is 6.86. The van der Waals surface area contributed by atoms with E-state index in [4.69, 9.17) is 5.10 Å². The summed E-state index contributed by atoms with van der Waals surface area (Å²) in [5.41, 5.74) is 4.41. The minimum absolute atomic E-state index is 0.373. The normalized spacial score (nSPS) is 16.5. The highest BCUT2D eigenvalue weighted by atomic mass is 15.3. The molecule has 5 heteroatoms. The Bertz CT molecular complexity index is 808. The van der Waals surface area contributed by atoms with Crippen LogP contribution in [0.15, 0.2) is 30.6 Å². The topological polar surface area (TPSA) is 58.5 Å². The molecule has 0 unspecified atom stereocenters. The number of fused-ring (bicyclic) bond motifs is 1. The molecule has 4 rings (SSSR count). The first-order chi connectivity index (χ1) is 11.2. The minimum Gasteiger partial charge on any atom is -0.346 e. The SMILES string of the molecule is CC(C)n1nc(-c2cnc3[nH]ccc3c2)cc1C1CCNCC1. The second kappa shape index (κ2) is 5.81. The molecule has 1 aliphatic heterocycles. The van der Waals surface area contributed by atoms with Crippen LogP contribution in [0.4, 0.5) is 0 Å². The van der Waals surface area contributed by atoms with Gasteiger partial charge in [0.25, 0.3) is 0 Å². The number of aromatic amines is 1. The predicted octanol–water partition coefficient (Wildman–Crippen LogP) is 3.47. The van der Waals surface area contributed by atoms with Crippen molar-refractivity contribution >= 4 is 11.0 Å². The Kier molecular flexibility index (Phi) is 3.65. The summed E-state index contributed by atoms with van der Waals surface area (Å²) in [4.78, 5) is 7.64. The van der Waals surface area contributed by atoms with Crippen LogP contribution in [0, 0.1) is 0 Å². The molecule has 0 atom stereocenters. The molecule has 0 radical (unpaired) electrons. The van der Waals surface area contributed by atoms with Gasteiger partial charge in [-0.25, -0.2) is 4.98 Å². The van der Waals surface area contributed by atoms with Crippen molar-refractivity contribution < 1.29 is 0 Å². The van der Waals surface area contributed by atoms with E-state index in [1.165, 1.54) is 18.5 Å². The van der Waals surface area contributed by atoms with Gasteiger partial charge in [-0.2, -0.15) is 5.10 Å². The van der Waals surface area contributed by atoms with Crippen molar-refractivity contribution in [3.8, 4) is 11.3 Å². The fourth-order valence-electron chi connectivity index (χ4n) is 3.47. The number of nitrogens with zero attached hydrogens (tertiary/aromatic N) is 3. The summed E-state index contributed by atoms with van der Waals surface area (Å²) in [6.45, 7) is 6.60. The Balaban J connectivity index is 1.76. The molecule has 0 bridgehead atoms. The summed E-state index contributed by atoms with van der Waals surface area (Å²) in [6.07, 6.45) is 6.21. The number of hydrogen-bond donors (Lipinski definition) is 2. The Morgan fingerprint density at radius 2 is 2.04 bits per heavy atom. The van der Waals surface area contributed by atoms with Crippen LogP contribution < -0.4 is 5.32 Å². The molecule has 2 N–H and O–H groups in total. The molecule has 1 fully saturated rings. The number of aromatic nitrogens is 4. The van der Waals surface area contributed by atoms with Crippen LogP contribution >= 0.6 is 0 Å². The fourth-order valence-corrected chi connectivity index (χ4v) is 3.47. The van der Waals surface area contributed by atoms with E-state index in [1.807, 2.05) is 12.4 Å². The van der Waals surface area contributed by atoms with E-state index in [-0.39, 0.29) is 0 Å². The molecule has 1 aliphatic rings. The Labute approximate surface area is 136 Å². The van der Waals surface area contributed by atoms with E-state index in [2.05, 4.69) is 52.0 Å². The number of rotatable bonds is 3. The van der Waals surface area contributed by atoms with Crippen LogP contribution in [0.5, 0.6) is 0 Å². The van der Waals surface area contributed by atoms with Crippen LogP contribution in [0.25, 0.3) is 22.3 Å². The highest BCUT2D eigenvalue weighted by molar-refractivity contribution is 5.80. The number of piperidine rings is 1. The zero-order valence-corrected chi connectivity index (χ0v) is 13.7. The lowest BCUT2D eigenvalue weighted by atomic mass is 9.94. The van der Waals surface area contributed by atoms with E-state index in [0.29, 0.717) is 12.0 Å². The van der Waals surface area contributed by atoms with E-state index >= 15 is 0 Å². The average molecular weight is 309 g/mol. The molecule has 5 nitrogen and oxygen atoms in total. The summed E-state index contributed by atoms with van der Waals surface area (Å²) in [5, 5.41) is 9.47. The maximum Gasteiger partial charge on any atom is 0.137 e. The summed E-state index contributed by atoms with van der Waals surface area (Å²) < 4.78 is 2.20. The van der Waals surface area contributed by atoms with Crippen molar-refractivity contribution in [3.05, 3.63) is 36.3 Å². The number of hydrogen-bond acceptors (Lipinski definition) is 3. The average Bonchev–Trinajstić information content (AvgIpc) is 3.22. The summed E-state index contributed by atoms with van der Waals surface area (Å²) >= 11 is 0. The van der Waals surface area contributed by atoms with Gasteiger partial charge >= 0.3 is 0 Å².